The lowest BCUT2D eigenvalue weighted by molar-refractivity contribution is 0.578. The Hall–Kier alpha value is -2.48. The van der Waals surface area contributed by atoms with Crippen LogP contribution in [0.2, 0.25) is 0 Å². The zero-order chi connectivity index (χ0) is 26.3. The molecule has 0 amide bonds. The van der Waals surface area contributed by atoms with E-state index in [1.165, 1.54) is 40.5 Å². The Morgan fingerprint density at radius 1 is 0.471 bits per heavy atom. The zero-order valence-corrected chi connectivity index (χ0v) is 23.1. The van der Waals surface area contributed by atoms with Crippen LogP contribution in [-0.2, 0) is 16.2 Å². The predicted molar refractivity (Wildman–Crippen MR) is 145 cm³/mol. The van der Waals surface area contributed by atoms with Gasteiger partial charge in [0.25, 0.3) is 0 Å². The van der Waals surface area contributed by atoms with Crippen molar-refractivity contribution in [3.8, 4) is 0 Å². The standard InChI is InChI=1S/C11H15F.C11H16.C10H13F/c1-8-7-9(12)5-6-10(8)11(2,3)4;1-9-7-5-6-8-10(9)11(2,3)4;1-10(2,3)8-4-6-9(11)7-5-8/h5-7H,1-4H3;5-8H,1-4H3;4-7H,1-3H3. The van der Waals surface area contributed by atoms with Crippen molar-refractivity contribution in [1.82, 2.24) is 0 Å². The van der Waals surface area contributed by atoms with Crippen LogP contribution in [0.15, 0.2) is 66.7 Å². The van der Waals surface area contributed by atoms with E-state index >= 15 is 0 Å². The van der Waals surface area contributed by atoms with E-state index in [0.29, 0.717) is 0 Å². The van der Waals surface area contributed by atoms with Gasteiger partial charge in [-0.1, -0.05) is 105 Å². The van der Waals surface area contributed by atoms with Gasteiger partial charge in [-0.25, -0.2) is 8.78 Å². The average Bonchev–Trinajstić information content (AvgIpc) is 2.67. The highest BCUT2D eigenvalue weighted by Gasteiger charge is 2.16. The van der Waals surface area contributed by atoms with Gasteiger partial charge < -0.3 is 0 Å². The fraction of sp³-hybridized carbons (Fsp3) is 0.438. The SMILES string of the molecule is CC(C)(C)c1ccc(F)cc1.Cc1cc(F)ccc1C(C)(C)C.Cc1ccccc1C(C)(C)C. The Labute approximate surface area is 207 Å². The fourth-order valence-corrected chi connectivity index (χ4v) is 3.83. The van der Waals surface area contributed by atoms with Crippen LogP contribution in [0.1, 0.15) is 90.1 Å². The topological polar surface area (TPSA) is 0 Å². The molecule has 3 aromatic rings. The summed E-state index contributed by atoms with van der Waals surface area (Å²) in [6.07, 6.45) is 0. The molecule has 0 bridgehead atoms. The van der Waals surface area contributed by atoms with Crippen LogP contribution in [0, 0.1) is 25.5 Å². The number of halogens is 2. The van der Waals surface area contributed by atoms with Crippen molar-refractivity contribution < 1.29 is 8.78 Å². The smallest absolute Gasteiger partial charge is 0.123 e. The highest BCUT2D eigenvalue weighted by Crippen LogP contribution is 2.26. The van der Waals surface area contributed by atoms with Gasteiger partial charge >= 0.3 is 0 Å². The lowest BCUT2D eigenvalue weighted by Crippen LogP contribution is -2.12. The Morgan fingerprint density at radius 2 is 0.912 bits per heavy atom. The number of aryl methyl sites for hydroxylation is 2. The third-order valence-corrected chi connectivity index (χ3v) is 5.66. The highest BCUT2D eigenvalue weighted by molar-refractivity contribution is 5.32. The summed E-state index contributed by atoms with van der Waals surface area (Å²) in [5, 5.41) is 0. The fourth-order valence-electron chi connectivity index (χ4n) is 3.83. The number of hydrogen-bond acceptors (Lipinski definition) is 0. The minimum atomic E-state index is -0.169. The Balaban J connectivity index is 0.000000255. The second-order valence-electron chi connectivity index (χ2n) is 12.0. The van der Waals surface area contributed by atoms with Crippen molar-refractivity contribution >= 4 is 0 Å². The van der Waals surface area contributed by atoms with E-state index in [9.17, 15) is 8.78 Å². The Bertz CT molecular complexity index is 1020. The third-order valence-electron chi connectivity index (χ3n) is 5.66. The molecular formula is C32H44F2. The molecule has 0 aliphatic heterocycles. The first-order chi connectivity index (χ1) is 15.4. The minimum absolute atomic E-state index is 0.109. The van der Waals surface area contributed by atoms with Crippen molar-refractivity contribution in [2.24, 2.45) is 0 Å². The van der Waals surface area contributed by atoms with Gasteiger partial charge in [0.15, 0.2) is 0 Å². The molecule has 0 fully saturated rings. The summed E-state index contributed by atoms with van der Waals surface area (Å²) in [5.41, 5.74) is 6.75. The normalized spacial score (nSPS) is 11.7. The first kappa shape index (κ1) is 29.6. The maximum Gasteiger partial charge on any atom is 0.123 e. The van der Waals surface area contributed by atoms with E-state index in [-0.39, 0.29) is 27.9 Å². The summed E-state index contributed by atoms with van der Waals surface area (Å²) >= 11 is 0. The number of hydrogen-bond donors (Lipinski definition) is 0. The summed E-state index contributed by atoms with van der Waals surface area (Å²) in [5.74, 6) is -0.321. The molecule has 186 valence electrons. The van der Waals surface area contributed by atoms with Crippen molar-refractivity contribution in [2.45, 2.75) is 92.4 Å². The van der Waals surface area contributed by atoms with E-state index in [1.807, 2.05) is 25.1 Å². The molecule has 0 spiro atoms. The number of rotatable bonds is 0. The second-order valence-corrected chi connectivity index (χ2v) is 12.0. The van der Waals surface area contributed by atoms with Crippen molar-refractivity contribution in [3.05, 3.63) is 106 Å². The van der Waals surface area contributed by atoms with Gasteiger partial charge in [-0.05, 0) is 82.2 Å². The quantitative estimate of drug-likeness (QED) is 0.309. The average molecular weight is 467 g/mol. The summed E-state index contributed by atoms with van der Waals surface area (Å²) in [6, 6.07) is 20.2. The van der Waals surface area contributed by atoms with Gasteiger partial charge in [0.1, 0.15) is 11.6 Å². The molecule has 0 aliphatic carbocycles. The molecule has 0 unspecified atom stereocenters. The molecule has 0 N–H and O–H groups in total. The molecule has 0 nitrogen and oxygen atoms in total. The van der Waals surface area contributed by atoms with Crippen molar-refractivity contribution in [1.29, 1.82) is 0 Å². The summed E-state index contributed by atoms with van der Waals surface area (Å²) in [4.78, 5) is 0. The largest absolute Gasteiger partial charge is 0.207 e. The second kappa shape index (κ2) is 11.8. The maximum absolute atomic E-state index is 12.7. The highest BCUT2D eigenvalue weighted by atomic mass is 19.1. The van der Waals surface area contributed by atoms with E-state index in [0.717, 1.165) is 5.56 Å². The summed E-state index contributed by atoms with van der Waals surface area (Å²) in [7, 11) is 0. The van der Waals surface area contributed by atoms with Crippen LogP contribution in [0.25, 0.3) is 0 Å². The van der Waals surface area contributed by atoms with Gasteiger partial charge in [0.2, 0.25) is 0 Å². The van der Waals surface area contributed by atoms with Crippen molar-refractivity contribution in [2.75, 3.05) is 0 Å². The van der Waals surface area contributed by atoms with Gasteiger partial charge in [-0.3, -0.25) is 0 Å². The summed E-state index contributed by atoms with van der Waals surface area (Å²) < 4.78 is 25.2. The van der Waals surface area contributed by atoms with E-state index in [1.54, 1.807) is 6.07 Å². The first-order valence-corrected chi connectivity index (χ1v) is 12.0. The molecule has 0 radical (unpaired) electrons. The summed E-state index contributed by atoms with van der Waals surface area (Å²) in [6.45, 7) is 23.6. The lowest BCUT2D eigenvalue weighted by atomic mass is 9.84. The van der Waals surface area contributed by atoms with Gasteiger partial charge in [-0.2, -0.15) is 0 Å². The molecule has 0 saturated heterocycles. The lowest BCUT2D eigenvalue weighted by Gasteiger charge is -2.21. The van der Waals surface area contributed by atoms with Crippen LogP contribution < -0.4 is 0 Å². The van der Waals surface area contributed by atoms with Crippen molar-refractivity contribution in [3.63, 3.8) is 0 Å². The Kier molecular flexibility index (Phi) is 10.2. The molecule has 0 heterocycles. The third kappa shape index (κ3) is 9.79. The zero-order valence-electron chi connectivity index (χ0n) is 23.1. The molecule has 3 rings (SSSR count). The van der Waals surface area contributed by atoms with Crippen LogP contribution in [0.3, 0.4) is 0 Å². The first-order valence-electron chi connectivity index (χ1n) is 12.0. The van der Waals surface area contributed by atoms with Gasteiger partial charge in [-0.15, -0.1) is 0 Å². The maximum atomic E-state index is 12.7. The molecule has 2 heteroatoms. The van der Waals surface area contributed by atoms with Crippen LogP contribution >= 0.6 is 0 Å². The molecule has 0 aromatic heterocycles. The van der Waals surface area contributed by atoms with Crippen LogP contribution in [-0.4, -0.2) is 0 Å². The van der Waals surface area contributed by atoms with Gasteiger partial charge in [0, 0.05) is 0 Å². The van der Waals surface area contributed by atoms with E-state index < -0.39 is 0 Å². The number of benzene rings is 3. The molecule has 0 atom stereocenters. The molecule has 3 aromatic carbocycles. The molecule has 0 saturated carbocycles. The Morgan fingerprint density at radius 3 is 1.29 bits per heavy atom. The minimum Gasteiger partial charge on any atom is -0.207 e. The van der Waals surface area contributed by atoms with Crippen LogP contribution in [0.5, 0.6) is 0 Å². The van der Waals surface area contributed by atoms with Gasteiger partial charge in [0.05, 0.1) is 0 Å². The monoisotopic (exact) mass is 466 g/mol. The van der Waals surface area contributed by atoms with E-state index in [4.69, 9.17) is 0 Å². The predicted octanol–water partition coefficient (Wildman–Crippen LogP) is 9.85. The molecular weight excluding hydrogens is 422 g/mol. The molecule has 0 aliphatic rings. The van der Waals surface area contributed by atoms with Crippen LogP contribution in [0.4, 0.5) is 8.78 Å². The molecule has 34 heavy (non-hydrogen) atoms. The van der Waals surface area contributed by atoms with E-state index in [2.05, 4.69) is 93.5 Å².